The van der Waals surface area contributed by atoms with Gasteiger partial charge in [0.05, 0.1) is 12.2 Å². The minimum atomic E-state index is -3.63. The second kappa shape index (κ2) is 2.27. The van der Waals surface area contributed by atoms with E-state index in [1.807, 2.05) is 0 Å². The smallest absolute Gasteiger partial charge is 0.364 e. The molecule has 6 heteroatoms. The van der Waals surface area contributed by atoms with E-state index in [1.54, 1.807) is 24.4 Å². The van der Waals surface area contributed by atoms with Crippen LogP contribution < -0.4 is 8.49 Å². The first kappa shape index (κ1) is 7.81. The maximum absolute atomic E-state index is 11.5. The number of anilines is 1. The van der Waals surface area contributed by atoms with Crippen LogP contribution in [0.5, 0.6) is 5.75 Å². The largest absolute Gasteiger partial charge is 0.410 e. The van der Waals surface area contributed by atoms with Gasteiger partial charge in [0.15, 0.2) is 5.75 Å². The van der Waals surface area contributed by atoms with E-state index in [9.17, 15) is 8.42 Å². The van der Waals surface area contributed by atoms with Crippen LogP contribution in [-0.4, -0.2) is 21.2 Å². The second-order valence-corrected chi connectivity index (χ2v) is 4.47. The van der Waals surface area contributed by atoms with Crippen molar-refractivity contribution in [1.29, 1.82) is 0 Å². The van der Waals surface area contributed by atoms with Gasteiger partial charge in [-0.05, 0) is 12.1 Å². The lowest BCUT2D eigenvalue weighted by molar-refractivity contribution is 0.498. The topological polar surface area (TPSA) is 59.0 Å². The Hall–Kier alpha value is -1.56. The third kappa shape index (κ3) is 0.832. The average molecular weight is 210 g/mol. The van der Waals surface area contributed by atoms with Crippen LogP contribution in [0.1, 0.15) is 0 Å². The van der Waals surface area contributed by atoms with Crippen LogP contribution in [0.25, 0.3) is 0 Å². The first-order chi connectivity index (χ1) is 6.68. The lowest BCUT2D eigenvalue weighted by atomic mass is 10.2. The Kier molecular flexibility index (Phi) is 1.27. The van der Waals surface area contributed by atoms with Crippen LogP contribution in [0.15, 0.2) is 23.2 Å². The van der Waals surface area contributed by atoms with Crippen molar-refractivity contribution in [1.82, 2.24) is 0 Å². The summed E-state index contributed by atoms with van der Waals surface area (Å²) in [4.78, 5) is 4.10. The van der Waals surface area contributed by atoms with Crippen molar-refractivity contribution < 1.29 is 12.6 Å². The number of rotatable bonds is 0. The predicted octanol–water partition coefficient (Wildman–Crippen LogP) is 0.846. The third-order valence-electron chi connectivity index (χ3n) is 2.17. The van der Waals surface area contributed by atoms with Gasteiger partial charge >= 0.3 is 10.3 Å². The molecular weight excluding hydrogens is 204 g/mol. The van der Waals surface area contributed by atoms with Gasteiger partial charge in [-0.2, -0.15) is 8.42 Å². The van der Waals surface area contributed by atoms with Gasteiger partial charge in [0.2, 0.25) is 0 Å². The van der Waals surface area contributed by atoms with Crippen molar-refractivity contribution in [2.75, 3.05) is 10.8 Å². The molecule has 5 nitrogen and oxygen atoms in total. The maximum atomic E-state index is 11.5. The fraction of sp³-hybridized carbons (Fsp3) is 0.125. The summed E-state index contributed by atoms with van der Waals surface area (Å²) >= 11 is 0. The highest BCUT2D eigenvalue weighted by Gasteiger charge is 2.38. The van der Waals surface area contributed by atoms with Crippen LogP contribution in [0.4, 0.5) is 11.4 Å². The molecule has 0 saturated carbocycles. The van der Waals surface area contributed by atoms with E-state index in [1.165, 1.54) is 4.31 Å². The second-order valence-electron chi connectivity index (χ2n) is 3.01. The SMILES string of the molecule is O=S1(=O)Oc2cccc3c2N1CC=N3. The van der Waals surface area contributed by atoms with Crippen LogP contribution in [-0.2, 0) is 10.3 Å². The highest BCUT2D eigenvalue weighted by atomic mass is 32.2. The van der Waals surface area contributed by atoms with Crippen molar-refractivity contribution in [3.05, 3.63) is 18.2 Å². The standard InChI is InChI=1S/C8H6N2O3S/c11-14(12)10-5-4-9-6-2-1-3-7(13-14)8(6)10/h1-4H,5H2. The molecule has 14 heavy (non-hydrogen) atoms. The van der Waals surface area contributed by atoms with E-state index in [0.29, 0.717) is 17.1 Å². The zero-order valence-corrected chi connectivity index (χ0v) is 7.86. The molecule has 0 atom stereocenters. The molecule has 0 radical (unpaired) electrons. The van der Waals surface area contributed by atoms with Crippen molar-refractivity contribution in [2.45, 2.75) is 0 Å². The maximum Gasteiger partial charge on any atom is 0.410 e. The number of hydrogen-bond donors (Lipinski definition) is 0. The molecule has 72 valence electrons. The third-order valence-corrected chi connectivity index (χ3v) is 3.43. The minimum absolute atomic E-state index is 0.242. The van der Waals surface area contributed by atoms with E-state index in [0.717, 1.165) is 0 Å². The summed E-state index contributed by atoms with van der Waals surface area (Å²) in [5.41, 5.74) is 1.19. The van der Waals surface area contributed by atoms with Crippen molar-refractivity contribution in [3.63, 3.8) is 0 Å². The summed E-state index contributed by atoms with van der Waals surface area (Å²) in [6.07, 6.45) is 1.55. The van der Waals surface area contributed by atoms with Crippen molar-refractivity contribution >= 4 is 27.9 Å². The number of para-hydroxylation sites is 1. The first-order valence-corrected chi connectivity index (χ1v) is 5.43. The zero-order valence-electron chi connectivity index (χ0n) is 7.04. The summed E-state index contributed by atoms with van der Waals surface area (Å²) < 4.78 is 29.0. The summed E-state index contributed by atoms with van der Waals surface area (Å²) in [7, 11) is -3.63. The van der Waals surface area contributed by atoms with E-state index in [2.05, 4.69) is 4.99 Å². The molecular formula is C8H6N2O3S. The molecule has 0 aliphatic carbocycles. The Morgan fingerprint density at radius 2 is 2.29 bits per heavy atom. The molecule has 0 saturated heterocycles. The molecule has 0 spiro atoms. The molecule has 0 amide bonds. The molecule has 2 aliphatic rings. The van der Waals surface area contributed by atoms with Crippen LogP contribution in [0.2, 0.25) is 0 Å². The summed E-state index contributed by atoms with van der Waals surface area (Å²) in [6.45, 7) is 0.242. The molecule has 3 rings (SSSR count). The Balaban J connectivity index is 2.37. The monoisotopic (exact) mass is 210 g/mol. The first-order valence-electron chi connectivity index (χ1n) is 4.06. The molecule has 0 aromatic heterocycles. The van der Waals surface area contributed by atoms with Gasteiger partial charge in [-0.15, -0.1) is 0 Å². The Morgan fingerprint density at radius 1 is 1.43 bits per heavy atom. The quantitative estimate of drug-likeness (QED) is 0.637. The van der Waals surface area contributed by atoms with Crippen LogP contribution >= 0.6 is 0 Å². The number of benzene rings is 1. The van der Waals surface area contributed by atoms with Gasteiger partial charge < -0.3 is 4.18 Å². The highest BCUT2D eigenvalue weighted by Crippen LogP contribution is 2.45. The lowest BCUT2D eigenvalue weighted by Crippen LogP contribution is -2.31. The van der Waals surface area contributed by atoms with Crippen LogP contribution in [0, 0.1) is 0 Å². The fourth-order valence-electron chi connectivity index (χ4n) is 1.60. The molecule has 0 bridgehead atoms. The molecule has 0 N–H and O–H groups in total. The predicted molar refractivity (Wildman–Crippen MR) is 51.5 cm³/mol. The van der Waals surface area contributed by atoms with Crippen molar-refractivity contribution in [2.24, 2.45) is 4.99 Å². The van der Waals surface area contributed by atoms with Gasteiger partial charge in [-0.1, -0.05) is 6.07 Å². The molecule has 1 aromatic rings. The summed E-state index contributed by atoms with van der Waals surface area (Å²) in [6, 6.07) is 5.10. The number of nitrogens with zero attached hydrogens (tertiary/aromatic N) is 2. The Labute approximate surface area is 80.9 Å². The van der Waals surface area contributed by atoms with Gasteiger partial charge in [0.25, 0.3) is 0 Å². The van der Waals surface area contributed by atoms with E-state index < -0.39 is 10.3 Å². The highest BCUT2D eigenvalue weighted by molar-refractivity contribution is 7.89. The molecule has 2 aliphatic heterocycles. The molecule has 0 fully saturated rings. The minimum Gasteiger partial charge on any atom is -0.364 e. The molecule has 1 aromatic carbocycles. The van der Waals surface area contributed by atoms with Crippen molar-refractivity contribution in [3.8, 4) is 5.75 Å². The van der Waals surface area contributed by atoms with Gasteiger partial charge in [0, 0.05) is 6.21 Å². The number of aliphatic imine (C=N–C) groups is 1. The average Bonchev–Trinajstić information content (AvgIpc) is 2.41. The van der Waals surface area contributed by atoms with Gasteiger partial charge in [0.1, 0.15) is 5.69 Å². The van der Waals surface area contributed by atoms with E-state index in [4.69, 9.17) is 4.18 Å². The van der Waals surface area contributed by atoms with Gasteiger partial charge in [-0.3, -0.25) is 4.99 Å². The van der Waals surface area contributed by atoms with Gasteiger partial charge in [-0.25, -0.2) is 4.31 Å². The summed E-state index contributed by atoms with van der Waals surface area (Å²) in [5.74, 6) is 0.361. The number of hydrogen-bond acceptors (Lipinski definition) is 4. The fourth-order valence-corrected chi connectivity index (χ4v) is 2.71. The van der Waals surface area contributed by atoms with Crippen LogP contribution in [0.3, 0.4) is 0 Å². The molecule has 0 unspecified atom stereocenters. The zero-order chi connectivity index (χ0) is 9.76. The molecule has 2 heterocycles. The summed E-state index contributed by atoms with van der Waals surface area (Å²) in [5, 5.41) is 0. The lowest BCUT2D eigenvalue weighted by Gasteiger charge is -2.16. The van der Waals surface area contributed by atoms with E-state index in [-0.39, 0.29) is 6.54 Å². The Bertz CT molecular complexity index is 536. The Morgan fingerprint density at radius 3 is 3.14 bits per heavy atom. The normalized spacial score (nSPS) is 20.4. The van der Waals surface area contributed by atoms with E-state index >= 15 is 0 Å².